The molecule has 7 N–H and O–H groups in total. The third-order valence-corrected chi connectivity index (χ3v) is 10.7. The van der Waals surface area contributed by atoms with Crippen LogP contribution in [0, 0.1) is 11.2 Å². The zero-order valence-corrected chi connectivity index (χ0v) is 32.7. The number of halogens is 1. The second-order valence-electron chi connectivity index (χ2n) is 14.5. The Balaban J connectivity index is 1.16. The number of piperazine rings is 1. The number of carbonyl (C=O) groups excluding carboxylic acids is 5. The highest BCUT2D eigenvalue weighted by Gasteiger charge is 2.47. The molecular weight excluding hydrogens is 755 g/mol. The first-order valence-corrected chi connectivity index (χ1v) is 19.6. The lowest BCUT2D eigenvalue weighted by molar-refractivity contribution is -0.147. The maximum absolute atomic E-state index is 15.3. The number of carboxylic acid groups (broad SMARTS) is 1. The monoisotopic (exact) mass is 806 g/mol. The van der Waals surface area contributed by atoms with Gasteiger partial charge in [0.15, 0.2) is 0 Å². The van der Waals surface area contributed by atoms with Crippen LogP contribution in [0.1, 0.15) is 74.7 Å². The molecule has 312 valence electrons. The number of nitrogens with one attached hydrogen (secondary N) is 4. The van der Waals surface area contributed by atoms with Crippen LogP contribution >= 0.6 is 0 Å². The SMILES string of the molecule is CCNC(=O)C1(C(=O)N[C@@H](CCCNC(N)=O)C(=O)Nc2ccc(COC(=O)N3CCN(c4cc5c(cc4F)c(=O)c(C(=O)O)cn5CC)CC3)cc2)CCCCC1. The molecule has 2 fully saturated rings. The van der Waals surface area contributed by atoms with E-state index < -0.39 is 58.2 Å². The Hall–Kier alpha value is -6.20. The van der Waals surface area contributed by atoms with Crippen LogP contribution in [-0.4, -0.2) is 95.7 Å². The Morgan fingerprint density at radius 1 is 0.948 bits per heavy atom. The molecule has 58 heavy (non-hydrogen) atoms. The smallest absolute Gasteiger partial charge is 0.410 e. The van der Waals surface area contributed by atoms with E-state index in [-0.39, 0.29) is 62.7 Å². The number of rotatable bonds is 15. The Morgan fingerprint density at radius 3 is 2.26 bits per heavy atom. The third kappa shape index (κ3) is 10.0. The summed E-state index contributed by atoms with van der Waals surface area (Å²) in [6.07, 6.45) is 4.26. The highest BCUT2D eigenvalue weighted by atomic mass is 19.1. The molecule has 3 aromatic rings. The first-order chi connectivity index (χ1) is 27.8. The molecule has 2 heterocycles. The van der Waals surface area contributed by atoms with Gasteiger partial charge in [-0.3, -0.25) is 19.2 Å². The zero-order valence-electron chi connectivity index (χ0n) is 32.7. The molecule has 5 rings (SSSR count). The number of fused-ring (bicyclic) bond motifs is 1. The molecule has 1 atom stereocenters. The summed E-state index contributed by atoms with van der Waals surface area (Å²) in [6, 6.07) is 7.48. The van der Waals surface area contributed by atoms with E-state index in [1.165, 1.54) is 17.2 Å². The Kier molecular flexibility index (Phi) is 14.3. The largest absolute Gasteiger partial charge is 0.477 e. The average molecular weight is 807 g/mol. The molecule has 6 amide bonds. The number of carboxylic acids is 1. The van der Waals surface area contributed by atoms with Gasteiger partial charge in [-0.05, 0) is 69.4 Å². The maximum atomic E-state index is 15.3. The fraction of sp³-hybridized carbons (Fsp3) is 0.475. The molecule has 0 unspecified atom stereocenters. The summed E-state index contributed by atoms with van der Waals surface area (Å²) in [5.74, 6) is -3.44. The number of benzene rings is 2. The second kappa shape index (κ2) is 19.3. The average Bonchev–Trinajstić information content (AvgIpc) is 3.21. The van der Waals surface area contributed by atoms with Crippen LogP contribution in [0.15, 0.2) is 47.4 Å². The number of carbonyl (C=O) groups is 6. The number of nitrogens with zero attached hydrogens (tertiary/aromatic N) is 3. The number of aryl methyl sites for hydroxylation is 1. The number of aromatic nitrogens is 1. The van der Waals surface area contributed by atoms with Crippen LogP contribution in [0.2, 0.25) is 0 Å². The van der Waals surface area contributed by atoms with Crippen LogP contribution in [0.4, 0.5) is 25.4 Å². The van der Waals surface area contributed by atoms with Gasteiger partial charge in [-0.2, -0.15) is 0 Å². The molecule has 0 bridgehead atoms. The minimum Gasteiger partial charge on any atom is -0.477 e. The number of primary amides is 1. The van der Waals surface area contributed by atoms with Gasteiger partial charge >= 0.3 is 18.1 Å². The van der Waals surface area contributed by atoms with Gasteiger partial charge in [0.25, 0.3) is 0 Å². The van der Waals surface area contributed by atoms with E-state index in [9.17, 15) is 38.7 Å². The molecule has 1 saturated carbocycles. The number of nitrogens with two attached hydrogens (primary N) is 1. The highest BCUT2D eigenvalue weighted by molar-refractivity contribution is 6.07. The van der Waals surface area contributed by atoms with Crippen molar-refractivity contribution >= 4 is 58.1 Å². The fourth-order valence-electron chi connectivity index (χ4n) is 7.46. The number of aromatic carboxylic acids is 1. The molecule has 17 nitrogen and oxygen atoms in total. The molecule has 18 heteroatoms. The van der Waals surface area contributed by atoms with Crippen molar-refractivity contribution in [2.45, 2.75) is 78.0 Å². The van der Waals surface area contributed by atoms with Gasteiger partial charge in [-0.15, -0.1) is 0 Å². The molecule has 0 spiro atoms. The number of ether oxygens (including phenoxy) is 1. The van der Waals surface area contributed by atoms with E-state index in [4.69, 9.17) is 10.5 Å². The third-order valence-electron chi connectivity index (χ3n) is 10.7. The maximum Gasteiger partial charge on any atom is 0.410 e. The second-order valence-corrected chi connectivity index (χ2v) is 14.5. The van der Waals surface area contributed by atoms with E-state index in [0.29, 0.717) is 62.0 Å². The van der Waals surface area contributed by atoms with E-state index >= 15 is 4.39 Å². The lowest BCUT2D eigenvalue weighted by atomic mass is 9.72. The van der Waals surface area contributed by atoms with Gasteiger partial charge in [0.1, 0.15) is 29.4 Å². The molecule has 1 aromatic heterocycles. The highest BCUT2D eigenvalue weighted by Crippen LogP contribution is 2.37. The number of urea groups is 1. The predicted octanol–water partition coefficient (Wildman–Crippen LogP) is 3.28. The number of pyridine rings is 1. The van der Waals surface area contributed by atoms with Crippen LogP contribution in [-0.2, 0) is 32.3 Å². The van der Waals surface area contributed by atoms with Crippen molar-refractivity contribution in [3.63, 3.8) is 0 Å². The van der Waals surface area contributed by atoms with Crippen LogP contribution in [0.5, 0.6) is 0 Å². The van der Waals surface area contributed by atoms with Gasteiger partial charge in [-0.25, -0.2) is 18.8 Å². The summed E-state index contributed by atoms with van der Waals surface area (Å²) in [6.45, 7) is 5.46. The lowest BCUT2D eigenvalue weighted by Gasteiger charge is -2.35. The molecule has 1 aliphatic carbocycles. The number of hydrogen-bond donors (Lipinski definition) is 6. The van der Waals surface area contributed by atoms with Gasteiger partial charge in [0.05, 0.1) is 11.2 Å². The van der Waals surface area contributed by atoms with E-state index in [2.05, 4.69) is 21.3 Å². The zero-order chi connectivity index (χ0) is 42.0. The number of hydrogen-bond acceptors (Lipinski definition) is 9. The van der Waals surface area contributed by atoms with Crippen molar-refractivity contribution in [3.8, 4) is 0 Å². The van der Waals surface area contributed by atoms with Gasteiger partial charge < -0.3 is 51.2 Å². The van der Waals surface area contributed by atoms with Crippen LogP contribution < -0.4 is 37.3 Å². The van der Waals surface area contributed by atoms with Gasteiger partial charge in [0.2, 0.25) is 23.2 Å². The number of anilines is 2. The van der Waals surface area contributed by atoms with E-state index in [1.54, 1.807) is 47.6 Å². The Labute approximate surface area is 334 Å². The van der Waals surface area contributed by atoms with Crippen LogP contribution in [0.25, 0.3) is 10.9 Å². The topological polar surface area (TPSA) is 234 Å². The van der Waals surface area contributed by atoms with Crippen molar-refractivity contribution in [1.29, 1.82) is 0 Å². The van der Waals surface area contributed by atoms with Gasteiger partial charge in [0, 0.05) is 63.1 Å². The van der Waals surface area contributed by atoms with Crippen LogP contribution in [0.3, 0.4) is 0 Å². The minimum absolute atomic E-state index is 0.0259. The summed E-state index contributed by atoms with van der Waals surface area (Å²) in [7, 11) is 0. The van der Waals surface area contributed by atoms with Crippen molar-refractivity contribution in [3.05, 3.63) is 69.8 Å². The van der Waals surface area contributed by atoms with Crippen molar-refractivity contribution in [2.24, 2.45) is 11.1 Å². The van der Waals surface area contributed by atoms with Crippen molar-refractivity contribution in [1.82, 2.24) is 25.4 Å². The Morgan fingerprint density at radius 2 is 1.64 bits per heavy atom. The van der Waals surface area contributed by atoms with E-state index in [1.807, 2.05) is 0 Å². The molecule has 1 saturated heterocycles. The van der Waals surface area contributed by atoms with Crippen molar-refractivity contribution < 1.29 is 43.0 Å². The lowest BCUT2D eigenvalue weighted by Crippen LogP contribution is -2.56. The molecule has 0 radical (unpaired) electrons. The number of amides is 6. The molecule has 2 aliphatic rings. The first kappa shape index (κ1) is 42.9. The standard InChI is InChI=1S/C40H51FN8O9/c1-3-43-36(54)40(14-6-5-7-15-40)37(55)46-30(9-8-16-44-38(42)56)34(51)45-26-12-10-25(11-13-26)24-58-39(57)49-19-17-48(18-20-49)32-22-31-27(21-29(32)41)33(50)28(35(52)53)23-47(31)4-2/h10-13,21-23,30H,3-9,14-20,24H2,1-2H3,(H,43,54)(H,45,51)(H,46,55)(H,52,53)(H3,42,44,56)/t30-/m0/s1. The molecule has 2 aromatic carbocycles. The first-order valence-electron chi connectivity index (χ1n) is 19.6. The van der Waals surface area contributed by atoms with Crippen molar-refractivity contribution in [2.75, 3.05) is 49.5 Å². The van der Waals surface area contributed by atoms with E-state index in [0.717, 1.165) is 12.5 Å². The summed E-state index contributed by atoms with van der Waals surface area (Å²) < 4.78 is 22.4. The molecule has 1 aliphatic heterocycles. The summed E-state index contributed by atoms with van der Waals surface area (Å²) in [4.78, 5) is 92.1. The molecular formula is C40H51FN8O9. The summed E-state index contributed by atoms with van der Waals surface area (Å²) >= 11 is 0. The Bertz CT molecular complexity index is 2080. The predicted molar refractivity (Wildman–Crippen MR) is 213 cm³/mol. The summed E-state index contributed by atoms with van der Waals surface area (Å²) in [5, 5.41) is 20.3. The van der Waals surface area contributed by atoms with Gasteiger partial charge in [-0.1, -0.05) is 31.4 Å². The quantitative estimate of drug-likeness (QED) is 0.0969. The fourth-order valence-corrected chi connectivity index (χ4v) is 7.46. The normalized spacial score (nSPS) is 15.6. The summed E-state index contributed by atoms with van der Waals surface area (Å²) in [5.41, 5.74) is 4.40. The minimum atomic E-state index is -1.39.